The third kappa shape index (κ3) is 2.54. The van der Waals surface area contributed by atoms with Gasteiger partial charge in [-0.3, -0.25) is 0 Å². The quantitative estimate of drug-likeness (QED) is 0.835. The van der Waals surface area contributed by atoms with Gasteiger partial charge >= 0.3 is 5.97 Å². The molecule has 2 unspecified atom stereocenters. The molecular weight excluding hydrogens is 294 g/mol. The fraction of sp³-hybridized carbons (Fsp3) is 0.615. The molecular formula is C13H17N3O2S2. The molecule has 0 radical (unpaired) electrons. The van der Waals surface area contributed by atoms with E-state index in [1.54, 1.807) is 0 Å². The van der Waals surface area contributed by atoms with E-state index in [0.717, 1.165) is 22.8 Å². The molecule has 3 rings (SSSR count). The van der Waals surface area contributed by atoms with E-state index in [1.807, 2.05) is 23.5 Å². The summed E-state index contributed by atoms with van der Waals surface area (Å²) in [6.45, 7) is 3.55. The summed E-state index contributed by atoms with van der Waals surface area (Å²) in [7, 11) is 1.40. The van der Waals surface area contributed by atoms with Crippen molar-refractivity contribution in [3.8, 4) is 0 Å². The molecule has 2 atom stereocenters. The molecule has 0 bridgehead atoms. The minimum absolute atomic E-state index is 0.253. The van der Waals surface area contributed by atoms with Crippen LogP contribution in [0.3, 0.4) is 0 Å². The van der Waals surface area contributed by atoms with Crippen LogP contribution in [0.15, 0.2) is 0 Å². The average Bonchev–Trinajstić information content (AvgIpc) is 2.94. The number of rotatable bonds is 2. The Kier molecular flexibility index (Phi) is 4.18. The number of methoxy groups -OCH3 is 1. The highest BCUT2D eigenvalue weighted by atomic mass is 32.2. The van der Waals surface area contributed by atoms with Crippen molar-refractivity contribution in [3.05, 3.63) is 22.8 Å². The van der Waals surface area contributed by atoms with E-state index < -0.39 is 0 Å². The molecule has 2 aliphatic rings. The van der Waals surface area contributed by atoms with Crippen LogP contribution < -0.4 is 5.32 Å². The molecule has 0 saturated carbocycles. The molecule has 1 saturated heterocycles. The number of hydrogen-bond acceptors (Lipinski definition) is 7. The second-order valence-corrected chi connectivity index (χ2v) is 7.55. The zero-order valence-corrected chi connectivity index (χ0v) is 13.1. The zero-order valence-electron chi connectivity index (χ0n) is 11.5. The maximum absolute atomic E-state index is 11.9. The minimum Gasteiger partial charge on any atom is -0.464 e. The lowest BCUT2D eigenvalue weighted by Crippen LogP contribution is -2.21. The van der Waals surface area contributed by atoms with Gasteiger partial charge in [-0.1, -0.05) is 6.92 Å². The maximum atomic E-state index is 11.9. The molecule has 0 amide bonds. The minimum atomic E-state index is -0.366. The Morgan fingerprint density at radius 3 is 2.85 bits per heavy atom. The van der Waals surface area contributed by atoms with E-state index in [4.69, 9.17) is 4.74 Å². The molecule has 0 aliphatic carbocycles. The van der Waals surface area contributed by atoms with Crippen molar-refractivity contribution >= 4 is 29.5 Å². The molecule has 20 heavy (non-hydrogen) atoms. The van der Waals surface area contributed by atoms with Crippen molar-refractivity contribution in [2.24, 2.45) is 0 Å². The largest absolute Gasteiger partial charge is 0.464 e. The Morgan fingerprint density at radius 1 is 1.30 bits per heavy atom. The second kappa shape index (κ2) is 5.91. The van der Waals surface area contributed by atoms with E-state index in [9.17, 15) is 4.79 Å². The summed E-state index contributed by atoms with van der Waals surface area (Å²) in [5.74, 6) is 2.68. The van der Waals surface area contributed by atoms with Crippen LogP contribution in [-0.4, -0.2) is 39.8 Å². The number of ether oxygens (including phenoxy) is 1. The molecule has 0 spiro atoms. The van der Waals surface area contributed by atoms with Gasteiger partial charge < -0.3 is 10.1 Å². The van der Waals surface area contributed by atoms with Crippen molar-refractivity contribution < 1.29 is 9.53 Å². The van der Waals surface area contributed by atoms with Gasteiger partial charge in [-0.2, -0.15) is 11.8 Å². The Balaban J connectivity index is 2.01. The van der Waals surface area contributed by atoms with Gasteiger partial charge in [0.25, 0.3) is 0 Å². The molecule has 1 fully saturated rings. The van der Waals surface area contributed by atoms with Crippen molar-refractivity contribution in [2.45, 2.75) is 30.5 Å². The lowest BCUT2D eigenvalue weighted by Gasteiger charge is -2.27. The number of hydrogen-bond donors (Lipinski definition) is 1. The first kappa shape index (κ1) is 14.2. The van der Waals surface area contributed by atoms with Crippen LogP contribution in [0.5, 0.6) is 0 Å². The van der Waals surface area contributed by atoms with Crippen LogP contribution in [0, 0.1) is 0 Å². The van der Waals surface area contributed by atoms with E-state index in [0.29, 0.717) is 24.0 Å². The molecule has 0 aromatic carbocycles. The predicted molar refractivity (Wildman–Crippen MR) is 81.0 cm³/mol. The van der Waals surface area contributed by atoms with Gasteiger partial charge in [-0.25, -0.2) is 14.8 Å². The highest BCUT2D eigenvalue weighted by Crippen LogP contribution is 2.41. The van der Waals surface area contributed by atoms with Crippen LogP contribution in [0.25, 0.3) is 0 Å². The molecule has 2 aliphatic heterocycles. The fourth-order valence-electron chi connectivity index (χ4n) is 2.50. The van der Waals surface area contributed by atoms with Crippen molar-refractivity contribution in [1.29, 1.82) is 0 Å². The first-order chi connectivity index (χ1) is 9.70. The van der Waals surface area contributed by atoms with Crippen molar-refractivity contribution in [3.63, 3.8) is 0 Å². The molecule has 1 aromatic rings. The van der Waals surface area contributed by atoms with E-state index >= 15 is 0 Å². The summed E-state index contributed by atoms with van der Waals surface area (Å²) in [6.07, 6.45) is 0. The standard InChI is InChI=1S/C13H17N3O2S2/c1-7-11(20-4-3-19-7)12-15-9-6-14-5-8(9)10(16-12)13(17)18-2/h7,11,14H,3-6H2,1-2H3. The lowest BCUT2D eigenvalue weighted by molar-refractivity contribution is 0.0592. The van der Waals surface area contributed by atoms with Crippen LogP contribution in [0.2, 0.25) is 0 Å². The smallest absolute Gasteiger partial charge is 0.357 e. The monoisotopic (exact) mass is 311 g/mol. The number of carbonyl (C=O) groups is 1. The SMILES string of the molecule is COC(=O)c1nc(C2SCCSC2C)nc2c1CNC2. The lowest BCUT2D eigenvalue weighted by atomic mass is 10.1. The Hall–Kier alpha value is -0.790. The molecule has 3 heterocycles. The topological polar surface area (TPSA) is 64.1 Å². The summed E-state index contributed by atoms with van der Waals surface area (Å²) < 4.78 is 4.86. The Morgan fingerprint density at radius 2 is 2.10 bits per heavy atom. The first-order valence-corrected chi connectivity index (χ1v) is 8.72. The number of nitrogens with zero attached hydrogens (tertiary/aromatic N) is 2. The number of aromatic nitrogens is 2. The van der Waals surface area contributed by atoms with Gasteiger partial charge in [-0.05, 0) is 0 Å². The van der Waals surface area contributed by atoms with E-state index in [-0.39, 0.29) is 11.2 Å². The summed E-state index contributed by atoms with van der Waals surface area (Å²) >= 11 is 3.82. The molecule has 7 heteroatoms. The average molecular weight is 311 g/mol. The first-order valence-electron chi connectivity index (χ1n) is 6.62. The summed E-state index contributed by atoms with van der Waals surface area (Å²) in [5, 5.41) is 3.94. The van der Waals surface area contributed by atoms with Crippen LogP contribution in [0.1, 0.15) is 39.7 Å². The predicted octanol–water partition coefficient (Wildman–Crippen LogP) is 1.78. The normalized spacial score (nSPS) is 25.3. The molecule has 108 valence electrons. The van der Waals surface area contributed by atoms with Gasteiger partial charge in [0.15, 0.2) is 5.69 Å². The van der Waals surface area contributed by atoms with Gasteiger partial charge in [0, 0.05) is 35.4 Å². The van der Waals surface area contributed by atoms with Crippen molar-refractivity contribution in [2.75, 3.05) is 18.6 Å². The van der Waals surface area contributed by atoms with Crippen molar-refractivity contribution in [1.82, 2.24) is 15.3 Å². The molecule has 1 N–H and O–H groups in total. The van der Waals surface area contributed by atoms with Crippen LogP contribution in [-0.2, 0) is 17.8 Å². The number of esters is 1. The maximum Gasteiger partial charge on any atom is 0.357 e. The van der Waals surface area contributed by atoms with E-state index in [2.05, 4.69) is 22.2 Å². The third-order valence-electron chi connectivity index (χ3n) is 3.53. The second-order valence-electron chi connectivity index (χ2n) is 4.82. The number of fused-ring (bicyclic) bond motifs is 1. The summed E-state index contributed by atoms with van der Waals surface area (Å²) in [5.41, 5.74) is 2.27. The number of thioether (sulfide) groups is 2. The van der Waals surface area contributed by atoms with Gasteiger partial charge in [0.1, 0.15) is 5.82 Å². The van der Waals surface area contributed by atoms with Gasteiger partial charge in [-0.15, -0.1) is 11.8 Å². The van der Waals surface area contributed by atoms with Crippen LogP contribution in [0.4, 0.5) is 0 Å². The number of carbonyl (C=O) groups excluding carboxylic acids is 1. The summed E-state index contributed by atoms with van der Waals surface area (Å²) in [4.78, 5) is 21.2. The highest BCUT2D eigenvalue weighted by Gasteiger charge is 2.30. The van der Waals surface area contributed by atoms with Crippen LogP contribution >= 0.6 is 23.5 Å². The fourth-order valence-corrected chi connectivity index (χ4v) is 5.19. The third-order valence-corrected chi connectivity index (χ3v) is 6.61. The number of nitrogens with one attached hydrogen (secondary N) is 1. The Bertz CT molecular complexity index is 539. The highest BCUT2D eigenvalue weighted by molar-refractivity contribution is 8.06. The Labute approximate surface area is 126 Å². The zero-order chi connectivity index (χ0) is 14.1. The molecule has 1 aromatic heterocycles. The molecule has 5 nitrogen and oxygen atoms in total. The van der Waals surface area contributed by atoms with E-state index in [1.165, 1.54) is 12.9 Å². The summed E-state index contributed by atoms with van der Waals surface area (Å²) in [6, 6.07) is 0. The van der Waals surface area contributed by atoms with Gasteiger partial charge in [0.05, 0.1) is 18.1 Å². The van der Waals surface area contributed by atoms with Gasteiger partial charge in [0.2, 0.25) is 0 Å².